The molecule has 0 atom stereocenters. The Labute approximate surface area is 169 Å². The Morgan fingerprint density at radius 3 is 1.62 bits per heavy atom. The van der Waals surface area contributed by atoms with Crippen LogP contribution in [0.4, 0.5) is 0 Å². The van der Waals surface area contributed by atoms with Crippen LogP contribution in [0.3, 0.4) is 0 Å². The van der Waals surface area contributed by atoms with Gasteiger partial charge in [0.05, 0.1) is 4.90 Å². The Bertz CT molecular complexity index is 586. The van der Waals surface area contributed by atoms with Gasteiger partial charge in [-0.25, -0.2) is 13.1 Å². The van der Waals surface area contributed by atoms with E-state index in [1.54, 1.807) is 0 Å². The maximum atomic E-state index is 12.2. The zero-order valence-corrected chi connectivity index (χ0v) is 18.2. The summed E-state index contributed by atoms with van der Waals surface area (Å²) >= 11 is 11.7. The Balaban J connectivity index is 2.05. The predicted molar refractivity (Wildman–Crippen MR) is 113 cm³/mol. The Morgan fingerprint density at radius 1 is 0.731 bits per heavy atom. The van der Waals surface area contributed by atoms with E-state index in [2.05, 4.69) is 11.6 Å². The molecule has 26 heavy (non-hydrogen) atoms. The SMILES string of the molecule is CCCCCCCCCCCCCCNS(=O)(=O)c1cc(Cl)cc(Cl)c1. The number of nitrogens with one attached hydrogen (secondary N) is 1. The van der Waals surface area contributed by atoms with Crippen molar-refractivity contribution in [3.8, 4) is 0 Å². The Kier molecular flexibility index (Phi) is 12.6. The van der Waals surface area contributed by atoms with Crippen molar-refractivity contribution in [2.75, 3.05) is 6.54 Å². The quantitative estimate of drug-likeness (QED) is 0.310. The van der Waals surface area contributed by atoms with Gasteiger partial charge >= 0.3 is 0 Å². The molecule has 0 saturated carbocycles. The number of unbranched alkanes of at least 4 members (excludes halogenated alkanes) is 11. The normalized spacial score (nSPS) is 11.8. The van der Waals surface area contributed by atoms with Crippen LogP contribution in [0.2, 0.25) is 10.0 Å². The fraction of sp³-hybridized carbons (Fsp3) is 0.700. The van der Waals surface area contributed by atoms with E-state index in [9.17, 15) is 8.42 Å². The smallest absolute Gasteiger partial charge is 0.211 e. The van der Waals surface area contributed by atoms with E-state index in [1.807, 2.05) is 0 Å². The molecule has 0 heterocycles. The molecule has 0 aliphatic carbocycles. The van der Waals surface area contributed by atoms with Gasteiger partial charge in [-0.05, 0) is 24.6 Å². The lowest BCUT2D eigenvalue weighted by atomic mass is 10.1. The summed E-state index contributed by atoms with van der Waals surface area (Å²) in [4.78, 5) is 0.119. The van der Waals surface area contributed by atoms with Gasteiger partial charge in [-0.1, -0.05) is 101 Å². The molecule has 0 aromatic heterocycles. The van der Waals surface area contributed by atoms with Gasteiger partial charge in [0.2, 0.25) is 10.0 Å². The molecule has 0 fully saturated rings. The molecule has 0 amide bonds. The summed E-state index contributed by atoms with van der Waals surface area (Å²) in [7, 11) is -3.54. The van der Waals surface area contributed by atoms with Crippen LogP contribution in [0.15, 0.2) is 23.1 Å². The van der Waals surface area contributed by atoms with Gasteiger partial charge in [0.15, 0.2) is 0 Å². The van der Waals surface area contributed by atoms with Gasteiger partial charge in [-0.2, -0.15) is 0 Å². The van der Waals surface area contributed by atoms with E-state index in [0.29, 0.717) is 16.6 Å². The number of hydrogen-bond acceptors (Lipinski definition) is 2. The molecule has 3 nitrogen and oxygen atoms in total. The summed E-state index contributed by atoms with van der Waals surface area (Å²) in [6.07, 6.45) is 15.1. The minimum absolute atomic E-state index is 0.119. The molecule has 6 heteroatoms. The van der Waals surface area contributed by atoms with Gasteiger partial charge in [-0.15, -0.1) is 0 Å². The van der Waals surface area contributed by atoms with Crippen LogP contribution in [0.25, 0.3) is 0 Å². The first-order valence-electron chi connectivity index (χ1n) is 9.91. The van der Waals surface area contributed by atoms with Crippen LogP contribution in [0.5, 0.6) is 0 Å². The van der Waals surface area contributed by atoms with Crippen molar-refractivity contribution in [1.82, 2.24) is 4.72 Å². The molecule has 1 N–H and O–H groups in total. The second-order valence-electron chi connectivity index (χ2n) is 6.89. The molecule has 1 rings (SSSR count). The van der Waals surface area contributed by atoms with Crippen LogP contribution in [0.1, 0.15) is 84.0 Å². The molecular formula is C20H33Cl2NO2S. The topological polar surface area (TPSA) is 46.2 Å². The highest BCUT2D eigenvalue weighted by Gasteiger charge is 2.14. The van der Waals surface area contributed by atoms with Gasteiger partial charge < -0.3 is 0 Å². The zero-order chi connectivity index (χ0) is 19.3. The zero-order valence-electron chi connectivity index (χ0n) is 15.9. The van der Waals surface area contributed by atoms with Crippen LogP contribution < -0.4 is 4.72 Å². The van der Waals surface area contributed by atoms with Crippen LogP contribution in [0, 0.1) is 0 Å². The van der Waals surface area contributed by atoms with Crippen molar-refractivity contribution in [3.63, 3.8) is 0 Å². The average Bonchev–Trinajstić information content (AvgIpc) is 2.58. The largest absolute Gasteiger partial charge is 0.240 e. The molecule has 0 aliphatic rings. The summed E-state index contributed by atoms with van der Waals surface area (Å²) in [5, 5.41) is 0.645. The lowest BCUT2D eigenvalue weighted by Crippen LogP contribution is -2.24. The molecule has 0 bridgehead atoms. The second kappa shape index (κ2) is 13.8. The fourth-order valence-corrected chi connectivity index (χ4v) is 4.74. The monoisotopic (exact) mass is 421 g/mol. The molecule has 0 unspecified atom stereocenters. The minimum Gasteiger partial charge on any atom is -0.211 e. The summed E-state index contributed by atoms with van der Waals surface area (Å²) in [5.41, 5.74) is 0. The predicted octanol–water partition coefficient (Wildman–Crippen LogP) is 6.97. The second-order valence-corrected chi connectivity index (χ2v) is 9.53. The summed E-state index contributed by atoms with van der Waals surface area (Å²) in [5.74, 6) is 0. The van der Waals surface area contributed by atoms with E-state index in [4.69, 9.17) is 23.2 Å². The third kappa shape index (κ3) is 10.8. The maximum absolute atomic E-state index is 12.2. The number of halogens is 2. The van der Waals surface area contributed by atoms with Crippen molar-refractivity contribution in [2.45, 2.75) is 88.9 Å². The van der Waals surface area contributed by atoms with Crippen molar-refractivity contribution < 1.29 is 8.42 Å². The van der Waals surface area contributed by atoms with E-state index in [-0.39, 0.29) is 4.90 Å². The maximum Gasteiger partial charge on any atom is 0.240 e. The molecule has 150 valence electrons. The first-order chi connectivity index (χ1) is 12.5. The summed E-state index contributed by atoms with van der Waals surface area (Å²) in [6.45, 7) is 2.70. The fourth-order valence-electron chi connectivity index (χ4n) is 2.94. The Hall–Kier alpha value is -0.290. The molecule has 0 spiro atoms. The van der Waals surface area contributed by atoms with Crippen LogP contribution >= 0.6 is 23.2 Å². The molecule has 0 radical (unpaired) electrons. The highest BCUT2D eigenvalue weighted by atomic mass is 35.5. The molecule has 1 aromatic rings. The van der Waals surface area contributed by atoms with Crippen LogP contribution in [-0.4, -0.2) is 15.0 Å². The summed E-state index contributed by atoms with van der Waals surface area (Å²) < 4.78 is 27.0. The lowest BCUT2D eigenvalue weighted by molar-refractivity contribution is 0.540. The number of sulfonamides is 1. The molecule has 0 saturated heterocycles. The first-order valence-corrected chi connectivity index (χ1v) is 12.2. The van der Waals surface area contributed by atoms with Crippen molar-refractivity contribution in [3.05, 3.63) is 28.2 Å². The van der Waals surface area contributed by atoms with Crippen molar-refractivity contribution in [1.29, 1.82) is 0 Å². The van der Waals surface area contributed by atoms with Gasteiger partial charge in [0.1, 0.15) is 0 Å². The van der Waals surface area contributed by atoms with Gasteiger partial charge in [0, 0.05) is 16.6 Å². The third-order valence-electron chi connectivity index (χ3n) is 4.47. The van der Waals surface area contributed by atoms with E-state index < -0.39 is 10.0 Å². The van der Waals surface area contributed by atoms with Gasteiger partial charge in [-0.3, -0.25) is 0 Å². The Morgan fingerprint density at radius 2 is 1.15 bits per heavy atom. The van der Waals surface area contributed by atoms with E-state index in [1.165, 1.54) is 82.4 Å². The average molecular weight is 422 g/mol. The van der Waals surface area contributed by atoms with E-state index >= 15 is 0 Å². The number of rotatable bonds is 15. The number of hydrogen-bond donors (Lipinski definition) is 1. The highest BCUT2D eigenvalue weighted by Crippen LogP contribution is 2.22. The molecule has 0 aliphatic heterocycles. The third-order valence-corrected chi connectivity index (χ3v) is 6.35. The van der Waals surface area contributed by atoms with E-state index in [0.717, 1.165) is 12.8 Å². The van der Waals surface area contributed by atoms with Crippen LogP contribution in [-0.2, 0) is 10.0 Å². The van der Waals surface area contributed by atoms with Crippen molar-refractivity contribution >= 4 is 33.2 Å². The molecular weight excluding hydrogens is 389 g/mol. The highest BCUT2D eigenvalue weighted by molar-refractivity contribution is 7.89. The van der Waals surface area contributed by atoms with Gasteiger partial charge in [0.25, 0.3) is 0 Å². The number of benzene rings is 1. The van der Waals surface area contributed by atoms with Crippen molar-refractivity contribution in [2.24, 2.45) is 0 Å². The first kappa shape index (κ1) is 23.7. The standard InChI is InChI=1S/C20H33Cl2NO2S/c1-2-3-4-5-6-7-8-9-10-11-12-13-14-23-26(24,25)20-16-18(21)15-19(22)17-20/h15-17,23H,2-14H2,1H3. The lowest BCUT2D eigenvalue weighted by Gasteiger charge is -2.08. The molecule has 1 aromatic carbocycles. The minimum atomic E-state index is -3.54. The summed E-state index contributed by atoms with van der Waals surface area (Å²) in [6, 6.07) is 4.35.